The van der Waals surface area contributed by atoms with Gasteiger partial charge in [0.25, 0.3) is 12.3 Å². The molecule has 23 heavy (non-hydrogen) atoms. The molecule has 0 bridgehead atoms. The fourth-order valence-electron chi connectivity index (χ4n) is 3.21. The molecule has 1 aliphatic heterocycles. The van der Waals surface area contributed by atoms with Gasteiger partial charge in [0.15, 0.2) is 0 Å². The van der Waals surface area contributed by atoms with E-state index in [9.17, 15) is 13.6 Å². The van der Waals surface area contributed by atoms with Crippen molar-refractivity contribution in [2.24, 2.45) is 0 Å². The van der Waals surface area contributed by atoms with Crippen LogP contribution in [0, 0.1) is 0 Å². The van der Waals surface area contributed by atoms with Gasteiger partial charge in [0.2, 0.25) is 0 Å². The number of nitrogens with zero attached hydrogens (tertiary/aromatic N) is 2. The number of hydrogen-bond acceptors (Lipinski definition) is 3. The smallest absolute Gasteiger partial charge is 0.280 e. The van der Waals surface area contributed by atoms with Crippen LogP contribution in [0.5, 0.6) is 0 Å². The van der Waals surface area contributed by atoms with E-state index >= 15 is 0 Å². The first kappa shape index (κ1) is 14.4. The molecule has 1 amide bonds. The van der Waals surface area contributed by atoms with Crippen LogP contribution < -0.4 is 10.6 Å². The van der Waals surface area contributed by atoms with Gasteiger partial charge in [-0.1, -0.05) is 12.8 Å². The Morgan fingerprint density at radius 2 is 2.09 bits per heavy atom. The lowest BCUT2D eigenvalue weighted by atomic mass is 10.2. The molecule has 0 radical (unpaired) electrons. The summed E-state index contributed by atoms with van der Waals surface area (Å²) in [5.74, 6) is 0.0917. The van der Waals surface area contributed by atoms with Crippen molar-refractivity contribution >= 4 is 17.4 Å². The van der Waals surface area contributed by atoms with Crippen LogP contribution in [0.25, 0.3) is 5.70 Å². The van der Waals surface area contributed by atoms with E-state index < -0.39 is 6.43 Å². The summed E-state index contributed by atoms with van der Waals surface area (Å²) in [7, 11) is 0. The van der Waals surface area contributed by atoms with Crippen molar-refractivity contribution in [3.8, 4) is 0 Å². The summed E-state index contributed by atoms with van der Waals surface area (Å²) in [5, 5.41) is 10.1. The maximum absolute atomic E-state index is 13.3. The van der Waals surface area contributed by atoms with Crippen molar-refractivity contribution in [3.05, 3.63) is 29.1 Å². The largest absolute Gasteiger partial charge is 0.349 e. The number of carbonyl (C=O) groups is 1. The number of aromatic nitrogens is 2. The average Bonchev–Trinajstić information content (AvgIpc) is 3.09. The summed E-state index contributed by atoms with van der Waals surface area (Å²) in [4.78, 5) is 12.5. The molecular weight excluding hydrogens is 302 g/mol. The Labute approximate surface area is 132 Å². The maximum Gasteiger partial charge on any atom is 0.280 e. The normalized spacial score (nSPS) is 20.4. The fraction of sp³-hybridized carbons (Fsp3) is 0.500. The molecule has 2 fully saturated rings. The fourth-order valence-corrected chi connectivity index (χ4v) is 3.21. The van der Waals surface area contributed by atoms with Crippen LogP contribution in [0.1, 0.15) is 48.9 Å². The van der Waals surface area contributed by atoms with Gasteiger partial charge >= 0.3 is 0 Å². The minimum Gasteiger partial charge on any atom is -0.349 e. The van der Waals surface area contributed by atoms with Crippen LogP contribution in [0.3, 0.4) is 0 Å². The van der Waals surface area contributed by atoms with Gasteiger partial charge in [-0.3, -0.25) is 4.79 Å². The quantitative estimate of drug-likeness (QED) is 0.899. The van der Waals surface area contributed by atoms with Crippen molar-refractivity contribution in [1.82, 2.24) is 15.1 Å². The zero-order chi connectivity index (χ0) is 16.0. The molecular formula is C16H18F2N4O. The van der Waals surface area contributed by atoms with Gasteiger partial charge < -0.3 is 10.6 Å². The van der Waals surface area contributed by atoms with E-state index in [0.29, 0.717) is 17.1 Å². The molecule has 3 aliphatic rings. The Balaban J connectivity index is 1.66. The predicted octanol–water partition coefficient (Wildman–Crippen LogP) is 3.13. The second kappa shape index (κ2) is 5.47. The predicted molar refractivity (Wildman–Crippen MR) is 82.1 cm³/mol. The van der Waals surface area contributed by atoms with Crippen LogP contribution >= 0.6 is 0 Å². The highest BCUT2D eigenvalue weighted by atomic mass is 19.3. The van der Waals surface area contributed by atoms with E-state index in [1.807, 2.05) is 0 Å². The number of amides is 1. The number of alkyl halides is 2. The summed E-state index contributed by atoms with van der Waals surface area (Å²) >= 11 is 0. The lowest BCUT2D eigenvalue weighted by Crippen LogP contribution is -2.33. The number of allylic oxidation sites excluding steroid dienone is 3. The van der Waals surface area contributed by atoms with E-state index in [0.717, 1.165) is 48.8 Å². The van der Waals surface area contributed by atoms with Gasteiger partial charge in [0, 0.05) is 11.7 Å². The Morgan fingerprint density at radius 1 is 1.35 bits per heavy atom. The highest BCUT2D eigenvalue weighted by Gasteiger charge is 2.30. The summed E-state index contributed by atoms with van der Waals surface area (Å²) in [6.45, 7) is 0. The molecule has 0 atom stereocenters. The van der Waals surface area contributed by atoms with E-state index in [2.05, 4.69) is 15.7 Å². The topological polar surface area (TPSA) is 59.0 Å². The summed E-state index contributed by atoms with van der Waals surface area (Å²) < 4.78 is 27.8. The molecule has 7 heteroatoms. The molecule has 2 heterocycles. The molecule has 5 nitrogen and oxygen atoms in total. The third kappa shape index (κ3) is 2.64. The second-order valence-electron chi connectivity index (χ2n) is 6.29. The van der Waals surface area contributed by atoms with Crippen LogP contribution in [0.2, 0.25) is 0 Å². The molecule has 0 spiro atoms. The number of nitrogens with one attached hydrogen (secondary N) is 2. The number of anilines is 1. The third-order valence-electron chi connectivity index (χ3n) is 4.60. The molecule has 1 aromatic heterocycles. The lowest BCUT2D eigenvalue weighted by Gasteiger charge is -2.20. The third-order valence-corrected chi connectivity index (χ3v) is 4.60. The van der Waals surface area contributed by atoms with Crippen LogP contribution in [0.4, 0.5) is 14.6 Å². The Morgan fingerprint density at radius 3 is 2.74 bits per heavy atom. The van der Waals surface area contributed by atoms with Crippen LogP contribution in [0.15, 0.2) is 23.5 Å². The maximum atomic E-state index is 13.3. The van der Waals surface area contributed by atoms with Crippen molar-refractivity contribution in [2.75, 3.05) is 5.32 Å². The van der Waals surface area contributed by atoms with Crippen molar-refractivity contribution in [2.45, 2.75) is 51.0 Å². The van der Waals surface area contributed by atoms with E-state index in [4.69, 9.17) is 0 Å². The Hall–Kier alpha value is -2.18. The van der Waals surface area contributed by atoms with Gasteiger partial charge in [0.1, 0.15) is 17.1 Å². The minimum atomic E-state index is -2.64. The van der Waals surface area contributed by atoms with Gasteiger partial charge in [-0.15, -0.1) is 0 Å². The van der Waals surface area contributed by atoms with Crippen LogP contribution in [-0.2, 0) is 0 Å². The van der Waals surface area contributed by atoms with Gasteiger partial charge in [-0.25, -0.2) is 13.5 Å². The number of hydrogen-bond donors (Lipinski definition) is 2. The highest BCUT2D eigenvalue weighted by molar-refractivity contribution is 6.00. The van der Waals surface area contributed by atoms with Crippen molar-refractivity contribution in [1.29, 1.82) is 0 Å². The zero-order valence-electron chi connectivity index (χ0n) is 12.6. The van der Waals surface area contributed by atoms with E-state index in [-0.39, 0.29) is 17.6 Å². The average molecular weight is 320 g/mol. The minimum absolute atomic E-state index is 0.174. The summed E-state index contributed by atoms with van der Waals surface area (Å²) in [5.41, 5.74) is 1.93. The standard InChI is InChI=1S/C16H18F2N4O/c17-14(18)13-7-12(9-5-6-9)21-15-11(8-19-22(13)15)16(23)20-10-3-1-2-4-10/h7-8,10,14,21H,1-6H2,(H,20,23). The second-order valence-corrected chi connectivity index (χ2v) is 6.29. The molecule has 0 unspecified atom stereocenters. The van der Waals surface area contributed by atoms with Crippen molar-refractivity contribution < 1.29 is 13.6 Å². The first-order valence-electron chi connectivity index (χ1n) is 8.01. The van der Waals surface area contributed by atoms with Gasteiger partial charge in [0.05, 0.1) is 6.20 Å². The number of rotatable bonds is 3. The molecule has 1 aromatic rings. The molecule has 2 N–H and O–H groups in total. The molecule has 2 saturated carbocycles. The number of carbonyl (C=O) groups excluding carboxylic acids is 1. The first-order valence-corrected chi connectivity index (χ1v) is 8.01. The zero-order valence-corrected chi connectivity index (χ0v) is 12.6. The monoisotopic (exact) mass is 320 g/mol. The van der Waals surface area contributed by atoms with Gasteiger partial charge in [-0.05, 0) is 37.3 Å². The first-order chi connectivity index (χ1) is 11.1. The van der Waals surface area contributed by atoms with E-state index in [1.54, 1.807) is 0 Å². The highest BCUT2D eigenvalue weighted by Crippen LogP contribution is 2.38. The summed E-state index contributed by atoms with van der Waals surface area (Å²) in [6.07, 6.45) is 6.15. The molecule has 0 saturated heterocycles. The molecule has 4 rings (SSSR count). The Bertz CT molecular complexity index is 708. The lowest BCUT2D eigenvalue weighted by molar-refractivity contribution is 0.0938. The SMILES string of the molecule is O=C(NC1CCCC1)c1cnn2c1NC(=C1CC1)C=C2C(F)F. The van der Waals surface area contributed by atoms with Gasteiger partial charge in [-0.2, -0.15) is 5.10 Å². The number of fused-ring (bicyclic) bond motifs is 1. The summed E-state index contributed by atoms with van der Waals surface area (Å²) in [6, 6.07) is 0.174. The van der Waals surface area contributed by atoms with Crippen LogP contribution in [-0.4, -0.2) is 28.2 Å². The Kier molecular flexibility index (Phi) is 3.43. The molecule has 122 valence electrons. The number of halogens is 2. The van der Waals surface area contributed by atoms with Crippen molar-refractivity contribution in [3.63, 3.8) is 0 Å². The molecule has 2 aliphatic carbocycles. The van der Waals surface area contributed by atoms with E-state index in [1.165, 1.54) is 12.3 Å². The molecule has 0 aromatic carbocycles.